The van der Waals surface area contributed by atoms with Crippen LogP contribution >= 0.6 is 0 Å². The second kappa shape index (κ2) is 5.56. The van der Waals surface area contributed by atoms with Gasteiger partial charge in [0, 0.05) is 0 Å². The molecule has 0 aliphatic rings. The first-order valence-electron chi connectivity index (χ1n) is 5.82. The Labute approximate surface area is 123 Å². The summed E-state index contributed by atoms with van der Waals surface area (Å²) in [7, 11) is 0. The molecule has 0 spiro atoms. The maximum Gasteiger partial charge on any atom is 0.416 e. The highest BCUT2D eigenvalue weighted by atomic mass is 19.4. The molecule has 2 aromatic rings. The van der Waals surface area contributed by atoms with Crippen molar-refractivity contribution in [3.05, 3.63) is 58.7 Å². The van der Waals surface area contributed by atoms with E-state index in [4.69, 9.17) is 5.11 Å². The number of carbonyl (C=O) groups is 1. The Morgan fingerprint density at radius 1 is 0.913 bits per heavy atom. The molecule has 0 saturated heterocycles. The number of halogens is 7. The maximum absolute atomic E-state index is 13.9. The summed E-state index contributed by atoms with van der Waals surface area (Å²) in [6.07, 6.45) is -4.85. The Balaban J connectivity index is 2.78. The molecule has 0 heterocycles. The molecular weight excluding hydrogens is 333 g/mol. The SMILES string of the molecule is O=C(O)c1c(F)c(F)c(-c2cccc(C(F)(F)F)c2)c(F)c1F. The standard InChI is InChI=1S/C14H5F7O2/c15-9-7(5-2-1-3-6(4-5)14(19,20)21)10(16)12(18)8(11(9)17)13(22)23/h1-4H,(H,22,23). The third-order valence-electron chi connectivity index (χ3n) is 2.96. The van der Waals surface area contributed by atoms with Crippen molar-refractivity contribution < 1.29 is 40.6 Å². The van der Waals surface area contributed by atoms with Crippen LogP contribution in [-0.4, -0.2) is 11.1 Å². The highest BCUT2D eigenvalue weighted by Crippen LogP contribution is 2.36. The van der Waals surface area contributed by atoms with Gasteiger partial charge in [0.05, 0.1) is 11.1 Å². The predicted octanol–water partition coefficient (Wildman–Crippen LogP) is 4.63. The fraction of sp³-hybridized carbons (Fsp3) is 0.0714. The molecule has 122 valence electrons. The normalized spacial score (nSPS) is 11.6. The van der Waals surface area contributed by atoms with Crippen LogP contribution in [0.3, 0.4) is 0 Å². The second-order valence-electron chi connectivity index (χ2n) is 4.39. The highest BCUT2D eigenvalue weighted by Gasteiger charge is 2.33. The van der Waals surface area contributed by atoms with Crippen molar-refractivity contribution in [1.29, 1.82) is 0 Å². The van der Waals surface area contributed by atoms with Crippen LogP contribution < -0.4 is 0 Å². The van der Waals surface area contributed by atoms with Gasteiger partial charge in [-0.15, -0.1) is 0 Å². The lowest BCUT2D eigenvalue weighted by atomic mass is 9.99. The van der Waals surface area contributed by atoms with Crippen molar-refractivity contribution in [1.82, 2.24) is 0 Å². The van der Waals surface area contributed by atoms with Gasteiger partial charge in [0.25, 0.3) is 0 Å². The summed E-state index contributed by atoms with van der Waals surface area (Å²) in [5.74, 6) is -10.9. The molecule has 0 bridgehead atoms. The molecule has 2 rings (SSSR count). The van der Waals surface area contributed by atoms with E-state index in [1.165, 1.54) is 0 Å². The van der Waals surface area contributed by atoms with Gasteiger partial charge in [0.15, 0.2) is 23.3 Å². The summed E-state index contributed by atoms with van der Waals surface area (Å²) in [4.78, 5) is 10.6. The molecule has 0 aliphatic carbocycles. The number of carboxylic acid groups (broad SMARTS) is 1. The van der Waals surface area contributed by atoms with E-state index in [9.17, 15) is 35.5 Å². The van der Waals surface area contributed by atoms with Crippen LogP contribution in [0.25, 0.3) is 11.1 Å². The molecule has 0 fully saturated rings. The molecule has 0 unspecified atom stereocenters. The van der Waals surface area contributed by atoms with E-state index in [0.717, 1.165) is 12.1 Å². The van der Waals surface area contributed by atoms with Crippen LogP contribution in [-0.2, 0) is 6.18 Å². The molecule has 0 aliphatic heterocycles. The molecule has 0 saturated carbocycles. The lowest BCUT2D eigenvalue weighted by Crippen LogP contribution is -2.12. The van der Waals surface area contributed by atoms with E-state index < -0.39 is 57.7 Å². The molecule has 0 atom stereocenters. The number of rotatable bonds is 2. The number of aromatic carboxylic acids is 1. The lowest BCUT2D eigenvalue weighted by Gasteiger charge is -2.12. The Morgan fingerprint density at radius 2 is 1.43 bits per heavy atom. The number of carboxylic acids is 1. The van der Waals surface area contributed by atoms with Gasteiger partial charge in [-0.3, -0.25) is 0 Å². The second-order valence-corrected chi connectivity index (χ2v) is 4.39. The zero-order valence-corrected chi connectivity index (χ0v) is 10.8. The van der Waals surface area contributed by atoms with Crippen LogP contribution in [0.1, 0.15) is 15.9 Å². The van der Waals surface area contributed by atoms with Gasteiger partial charge in [-0.25, -0.2) is 22.4 Å². The summed E-state index contributed by atoms with van der Waals surface area (Å²) in [5, 5.41) is 8.55. The number of hydrogen-bond donors (Lipinski definition) is 1. The zero-order valence-electron chi connectivity index (χ0n) is 10.8. The molecule has 0 aromatic heterocycles. The Bertz CT molecular complexity index is 767. The molecule has 1 N–H and O–H groups in total. The lowest BCUT2D eigenvalue weighted by molar-refractivity contribution is -0.137. The van der Waals surface area contributed by atoms with Crippen molar-refractivity contribution in [2.75, 3.05) is 0 Å². The maximum atomic E-state index is 13.9. The van der Waals surface area contributed by atoms with E-state index in [2.05, 4.69) is 0 Å². The third kappa shape index (κ3) is 2.86. The fourth-order valence-electron chi connectivity index (χ4n) is 1.92. The van der Waals surface area contributed by atoms with Gasteiger partial charge < -0.3 is 5.11 Å². The van der Waals surface area contributed by atoms with Gasteiger partial charge >= 0.3 is 12.1 Å². The van der Waals surface area contributed by atoms with Crippen LogP contribution in [0.5, 0.6) is 0 Å². The van der Waals surface area contributed by atoms with Gasteiger partial charge in [0.2, 0.25) is 0 Å². The number of hydrogen-bond acceptors (Lipinski definition) is 1. The average Bonchev–Trinajstić information content (AvgIpc) is 2.45. The van der Waals surface area contributed by atoms with Gasteiger partial charge in [-0.1, -0.05) is 12.1 Å². The monoisotopic (exact) mass is 338 g/mol. The van der Waals surface area contributed by atoms with Crippen LogP contribution in [0, 0.1) is 23.3 Å². The van der Waals surface area contributed by atoms with Crippen molar-refractivity contribution in [3.63, 3.8) is 0 Å². The summed E-state index contributed by atoms with van der Waals surface area (Å²) in [5.41, 5.74) is -5.37. The Hall–Kier alpha value is -2.58. The first-order chi connectivity index (χ1) is 10.6. The van der Waals surface area contributed by atoms with E-state index in [1.54, 1.807) is 0 Å². The summed E-state index contributed by atoms with van der Waals surface area (Å²) < 4.78 is 92.7. The van der Waals surface area contributed by atoms with E-state index in [1.807, 2.05) is 0 Å². The summed E-state index contributed by atoms with van der Waals surface area (Å²) >= 11 is 0. The fourth-order valence-corrected chi connectivity index (χ4v) is 1.92. The molecule has 23 heavy (non-hydrogen) atoms. The quantitative estimate of drug-likeness (QED) is 0.640. The van der Waals surface area contributed by atoms with Crippen molar-refractivity contribution in [2.24, 2.45) is 0 Å². The number of alkyl halides is 3. The Morgan fingerprint density at radius 3 is 1.87 bits per heavy atom. The smallest absolute Gasteiger partial charge is 0.416 e. The topological polar surface area (TPSA) is 37.3 Å². The van der Waals surface area contributed by atoms with Gasteiger partial charge in [0.1, 0.15) is 5.56 Å². The van der Waals surface area contributed by atoms with E-state index in [-0.39, 0.29) is 0 Å². The minimum Gasteiger partial charge on any atom is -0.477 e. The molecule has 9 heteroatoms. The van der Waals surface area contributed by atoms with Crippen molar-refractivity contribution in [3.8, 4) is 11.1 Å². The first kappa shape index (κ1) is 16.8. The summed E-state index contributed by atoms with van der Waals surface area (Å²) in [6, 6.07) is 2.48. The largest absolute Gasteiger partial charge is 0.477 e. The molecule has 0 radical (unpaired) electrons. The van der Waals surface area contributed by atoms with Crippen LogP contribution in [0.4, 0.5) is 30.7 Å². The molecule has 2 aromatic carbocycles. The number of benzene rings is 2. The van der Waals surface area contributed by atoms with Crippen molar-refractivity contribution in [2.45, 2.75) is 6.18 Å². The Kier molecular flexibility index (Phi) is 4.06. The van der Waals surface area contributed by atoms with Gasteiger partial charge in [-0.05, 0) is 17.7 Å². The van der Waals surface area contributed by atoms with Crippen LogP contribution in [0.2, 0.25) is 0 Å². The molecule has 2 nitrogen and oxygen atoms in total. The van der Waals surface area contributed by atoms with Crippen LogP contribution in [0.15, 0.2) is 24.3 Å². The van der Waals surface area contributed by atoms with Gasteiger partial charge in [-0.2, -0.15) is 13.2 Å². The first-order valence-corrected chi connectivity index (χ1v) is 5.82. The third-order valence-corrected chi connectivity index (χ3v) is 2.96. The predicted molar refractivity (Wildman–Crippen MR) is 63.7 cm³/mol. The van der Waals surface area contributed by atoms with Crippen molar-refractivity contribution >= 4 is 5.97 Å². The minimum atomic E-state index is -4.85. The van der Waals surface area contributed by atoms with E-state index in [0.29, 0.717) is 12.1 Å². The highest BCUT2D eigenvalue weighted by molar-refractivity contribution is 5.89. The minimum absolute atomic E-state index is 0.292. The average molecular weight is 338 g/mol. The summed E-state index contributed by atoms with van der Waals surface area (Å²) in [6.45, 7) is 0. The molecule has 0 amide bonds. The van der Waals surface area contributed by atoms with E-state index >= 15 is 0 Å². The zero-order chi connectivity index (χ0) is 17.5. The molecular formula is C14H5F7O2.